The average molecular weight is 518 g/mol. The van der Waals surface area contributed by atoms with Crippen LogP contribution in [0.25, 0.3) is 0 Å². The standard InChI is InChI=1S/C30H51N3O4/c1-10-12-13-14-15-17-33(28(35)24(6)32-29(36)37-30(7,8)9)26(27(34)31-23(5)16-11-2)25-19-21(3)18-22(4)20-25/h18-20,23-24,26H,10-17H2,1-9H3,(H,31,34)(H,32,36). The third-order valence-corrected chi connectivity index (χ3v) is 6.12. The first-order valence-electron chi connectivity index (χ1n) is 14.0. The van der Waals surface area contributed by atoms with Gasteiger partial charge in [-0.25, -0.2) is 4.79 Å². The molecular formula is C30H51N3O4. The highest BCUT2D eigenvalue weighted by Gasteiger charge is 2.35. The molecule has 3 unspecified atom stereocenters. The molecule has 7 nitrogen and oxygen atoms in total. The molecule has 7 heteroatoms. The Morgan fingerprint density at radius 1 is 0.892 bits per heavy atom. The summed E-state index contributed by atoms with van der Waals surface area (Å²) >= 11 is 0. The Labute approximate surface area is 225 Å². The molecule has 1 aromatic carbocycles. The SMILES string of the molecule is CCCCCCCN(C(=O)C(C)NC(=O)OC(C)(C)C)C(C(=O)NC(C)CCC)c1cc(C)cc(C)c1. The maximum absolute atomic E-state index is 13.8. The van der Waals surface area contributed by atoms with Crippen molar-refractivity contribution in [3.8, 4) is 0 Å². The van der Waals surface area contributed by atoms with Crippen molar-refractivity contribution in [3.05, 3.63) is 34.9 Å². The third kappa shape index (κ3) is 12.0. The number of alkyl carbamates (subject to hydrolysis) is 1. The van der Waals surface area contributed by atoms with Gasteiger partial charge >= 0.3 is 6.09 Å². The van der Waals surface area contributed by atoms with Crippen LogP contribution in [0.4, 0.5) is 4.79 Å². The van der Waals surface area contributed by atoms with E-state index in [1.54, 1.807) is 32.6 Å². The first-order valence-corrected chi connectivity index (χ1v) is 14.0. The molecule has 0 fully saturated rings. The Balaban J connectivity index is 3.37. The highest BCUT2D eigenvalue weighted by molar-refractivity contribution is 5.92. The summed E-state index contributed by atoms with van der Waals surface area (Å²) in [6, 6.07) is 4.36. The topological polar surface area (TPSA) is 87.7 Å². The lowest BCUT2D eigenvalue weighted by Crippen LogP contribution is -2.52. The van der Waals surface area contributed by atoms with Crippen LogP contribution in [0, 0.1) is 13.8 Å². The van der Waals surface area contributed by atoms with Crippen LogP contribution in [0.3, 0.4) is 0 Å². The minimum atomic E-state index is -0.847. The van der Waals surface area contributed by atoms with Gasteiger partial charge in [-0.15, -0.1) is 0 Å². The van der Waals surface area contributed by atoms with Crippen LogP contribution in [0.2, 0.25) is 0 Å². The number of rotatable bonds is 14. The van der Waals surface area contributed by atoms with Gasteiger partial charge in [-0.05, 0) is 66.9 Å². The number of benzene rings is 1. The number of amides is 3. The lowest BCUT2D eigenvalue weighted by Gasteiger charge is -2.34. The van der Waals surface area contributed by atoms with Gasteiger partial charge in [-0.1, -0.05) is 75.3 Å². The molecule has 210 valence electrons. The minimum Gasteiger partial charge on any atom is -0.444 e. The Morgan fingerprint density at radius 3 is 2.03 bits per heavy atom. The Hall–Kier alpha value is -2.57. The Bertz CT molecular complexity index is 858. The highest BCUT2D eigenvalue weighted by atomic mass is 16.6. The zero-order valence-electron chi connectivity index (χ0n) is 24.7. The van der Waals surface area contributed by atoms with Gasteiger partial charge in [0.25, 0.3) is 0 Å². The van der Waals surface area contributed by atoms with Crippen LogP contribution in [-0.4, -0.2) is 47.0 Å². The summed E-state index contributed by atoms with van der Waals surface area (Å²) in [5, 5.41) is 5.80. The number of unbranched alkanes of at least 4 members (excludes halogenated alkanes) is 4. The smallest absolute Gasteiger partial charge is 0.408 e. The zero-order valence-corrected chi connectivity index (χ0v) is 24.7. The Kier molecular flexibility index (Phi) is 13.7. The van der Waals surface area contributed by atoms with Crippen LogP contribution >= 0.6 is 0 Å². The molecular weight excluding hydrogens is 466 g/mol. The first-order chi connectivity index (χ1) is 17.3. The second-order valence-electron chi connectivity index (χ2n) is 11.3. The lowest BCUT2D eigenvalue weighted by atomic mass is 9.97. The number of nitrogens with one attached hydrogen (secondary N) is 2. The van der Waals surface area contributed by atoms with Crippen molar-refractivity contribution >= 4 is 17.9 Å². The number of nitrogens with zero attached hydrogens (tertiary/aromatic N) is 1. The second kappa shape index (κ2) is 15.6. The molecule has 37 heavy (non-hydrogen) atoms. The summed E-state index contributed by atoms with van der Waals surface area (Å²) < 4.78 is 5.37. The molecule has 0 aliphatic heterocycles. The normalized spacial score (nSPS) is 13.9. The minimum absolute atomic E-state index is 0.00951. The first kappa shape index (κ1) is 32.5. The lowest BCUT2D eigenvalue weighted by molar-refractivity contribution is -0.142. The number of carbonyl (C=O) groups is 3. The molecule has 0 saturated heterocycles. The van der Waals surface area contributed by atoms with Crippen LogP contribution < -0.4 is 10.6 Å². The van der Waals surface area contributed by atoms with Crippen LogP contribution in [0.1, 0.15) is 116 Å². The fraction of sp³-hybridized carbons (Fsp3) is 0.700. The van der Waals surface area contributed by atoms with Gasteiger partial charge in [-0.3, -0.25) is 9.59 Å². The van der Waals surface area contributed by atoms with Gasteiger partial charge in [0.15, 0.2) is 0 Å². The largest absolute Gasteiger partial charge is 0.444 e. The molecule has 1 aromatic rings. The molecule has 0 spiro atoms. The molecule has 0 radical (unpaired) electrons. The zero-order chi connectivity index (χ0) is 28.2. The molecule has 0 aliphatic rings. The fourth-order valence-electron chi connectivity index (χ4n) is 4.51. The van der Waals surface area contributed by atoms with E-state index in [1.807, 2.05) is 32.9 Å². The van der Waals surface area contributed by atoms with Gasteiger partial charge in [0.05, 0.1) is 0 Å². The van der Waals surface area contributed by atoms with Crippen molar-refractivity contribution in [2.45, 2.75) is 131 Å². The van der Waals surface area contributed by atoms with Gasteiger partial charge in [0, 0.05) is 12.6 Å². The molecule has 0 bridgehead atoms. The second-order valence-corrected chi connectivity index (χ2v) is 11.3. The van der Waals surface area contributed by atoms with Crippen molar-refractivity contribution in [1.29, 1.82) is 0 Å². The summed E-state index contributed by atoms with van der Waals surface area (Å²) in [5.74, 6) is -0.499. The van der Waals surface area contributed by atoms with E-state index in [1.165, 1.54) is 0 Å². The number of ether oxygens (including phenoxy) is 1. The molecule has 2 N–H and O–H groups in total. The number of hydrogen-bond donors (Lipinski definition) is 2. The van der Waals surface area contributed by atoms with Crippen LogP contribution in [0.15, 0.2) is 18.2 Å². The van der Waals surface area contributed by atoms with Crippen molar-refractivity contribution < 1.29 is 19.1 Å². The summed E-state index contributed by atoms with van der Waals surface area (Å²) in [6.45, 7) is 17.6. The molecule has 0 heterocycles. The molecule has 1 rings (SSSR count). The van der Waals surface area contributed by atoms with Gasteiger partial charge in [-0.2, -0.15) is 0 Å². The van der Waals surface area contributed by atoms with Crippen molar-refractivity contribution in [2.75, 3.05) is 6.54 Å². The van der Waals surface area contributed by atoms with E-state index in [2.05, 4.69) is 30.5 Å². The van der Waals surface area contributed by atoms with E-state index >= 15 is 0 Å². The maximum atomic E-state index is 13.8. The predicted molar refractivity (Wildman–Crippen MR) is 150 cm³/mol. The average Bonchev–Trinajstić information content (AvgIpc) is 2.75. The number of aryl methyl sites for hydroxylation is 2. The van der Waals surface area contributed by atoms with E-state index in [4.69, 9.17) is 4.74 Å². The van der Waals surface area contributed by atoms with E-state index in [-0.39, 0.29) is 17.9 Å². The quantitative estimate of drug-likeness (QED) is 0.281. The van der Waals surface area contributed by atoms with E-state index in [0.29, 0.717) is 6.54 Å². The summed E-state index contributed by atoms with van der Waals surface area (Å²) in [4.78, 5) is 41.7. The monoisotopic (exact) mass is 517 g/mol. The Morgan fingerprint density at radius 2 is 1.49 bits per heavy atom. The molecule has 0 aliphatic carbocycles. The predicted octanol–water partition coefficient (Wildman–Crippen LogP) is 6.36. The van der Waals surface area contributed by atoms with E-state index in [0.717, 1.165) is 61.6 Å². The maximum Gasteiger partial charge on any atom is 0.408 e. The van der Waals surface area contributed by atoms with Crippen molar-refractivity contribution in [3.63, 3.8) is 0 Å². The fourth-order valence-corrected chi connectivity index (χ4v) is 4.51. The number of hydrogen-bond acceptors (Lipinski definition) is 4. The van der Waals surface area contributed by atoms with Crippen molar-refractivity contribution in [1.82, 2.24) is 15.5 Å². The molecule has 3 atom stereocenters. The van der Waals surface area contributed by atoms with E-state index < -0.39 is 23.8 Å². The molecule has 3 amide bonds. The molecule has 0 saturated carbocycles. The van der Waals surface area contributed by atoms with Crippen molar-refractivity contribution in [2.24, 2.45) is 0 Å². The van der Waals surface area contributed by atoms with Crippen LogP contribution in [-0.2, 0) is 14.3 Å². The van der Waals surface area contributed by atoms with Gasteiger partial charge in [0.2, 0.25) is 11.8 Å². The summed E-state index contributed by atoms with van der Waals surface area (Å²) in [6.07, 6.45) is 6.25. The van der Waals surface area contributed by atoms with Gasteiger partial charge in [0.1, 0.15) is 17.7 Å². The number of carbonyl (C=O) groups excluding carboxylic acids is 3. The summed E-state index contributed by atoms with van der Waals surface area (Å²) in [7, 11) is 0. The summed E-state index contributed by atoms with van der Waals surface area (Å²) in [5.41, 5.74) is 2.17. The molecule has 0 aromatic heterocycles. The van der Waals surface area contributed by atoms with E-state index in [9.17, 15) is 14.4 Å². The third-order valence-electron chi connectivity index (χ3n) is 6.12. The van der Waals surface area contributed by atoms with Gasteiger partial charge < -0.3 is 20.3 Å². The highest BCUT2D eigenvalue weighted by Crippen LogP contribution is 2.26. The van der Waals surface area contributed by atoms with Crippen LogP contribution in [0.5, 0.6) is 0 Å².